The maximum Gasteiger partial charge on any atom is 0.167 e. The van der Waals surface area contributed by atoms with Gasteiger partial charge in [-0.3, -0.25) is 4.79 Å². The van der Waals surface area contributed by atoms with Crippen molar-refractivity contribution in [3.63, 3.8) is 0 Å². The zero-order valence-corrected chi connectivity index (χ0v) is 13.0. The number of rotatable bonds is 3. The van der Waals surface area contributed by atoms with Gasteiger partial charge in [-0.2, -0.15) is 0 Å². The van der Waals surface area contributed by atoms with Gasteiger partial charge in [0.2, 0.25) is 0 Å². The molecular weight excluding hydrogens is 333 g/mol. The molecule has 0 unspecified atom stereocenters. The van der Waals surface area contributed by atoms with Crippen LogP contribution in [0.25, 0.3) is 0 Å². The summed E-state index contributed by atoms with van der Waals surface area (Å²) in [5.74, 6) is -0.358. The Kier molecular flexibility index (Phi) is 4.17. The number of carbonyl (C=O) groups excluding carboxylic acids is 1. The third-order valence-corrected chi connectivity index (χ3v) is 4.29. The fraction of sp³-hybridized carbons (Fsp3) is 0.235. The van der Waals surface area contributed by atoms with Gasteiger partial charge in [0.15, 0.2) is 5.78 Å². The lowest BCUT2D eigenvalue weighted by molar-refractivity contribution is 0.0990. The molecule has 2 aromatic carbocycles. The zero-order chi connectivity index (χ0) is 14.8. The Morgan fingerprint density at radius 2 is 2.14 bits per heavy atom. The van der Waals surface area contributed by atoms with Crippen molar-refractivity contribution in [1.29, 1.82) is 0 Å². The van der Waals surface area contributed by atoms with Gasteiger partial charge in [0, 0.05) is 23.0 Å². The van der Waals surface area contributed by atoms with Crippen LogP contribution in [0, 0.1) is 5.82 Å². The Morgan fingerprint density at radius 1 is 1.29 bits per heavy atom. The van der Waals surface area contributed by atoms with E-state index in [0.29, 0.717) is 5.56 Å². The van der Waals surface area contributed by atoms with Crippen LogP contribution in [-0.4, -0.2) is 12.3 Å². The summed E-state index contributed by atoms with van der Waals surface area (Å²) in [7, 11) is 0. The van der Waals surface area contributed by atoms with E-state index < -0.39 is 0 Å². The normalized spacial score (nSPS) is 13.8. The topological polar surface area (TPSA) is 29.1 Å². The standard InChI is InChI=1S/C17H15BrFNO/c18-13-4-5-16(19)12(8-13)9-17(21)15-3-1-2-11-10-20-7-6-14(11)15/h1-5,8,20H,6-7,9-10H2. The quantitative estimate of drug-likeness (QED) is 0.858. The summed E-state index contributed by atoms with van der Waals surface area (Å²) >= 11 is 3.32. The largest absolute Gasteiger partial charge is 0.312 e. The van der Waals surface area contributed by atoms with Crippen LogP contribution in [0.3, 0.4) is 0 Å². The van der Waals surface area contributed by atoms with E-state index in [0.717, 1.165) is 35.1 Å². The minimum Gasteiger partial charge on any atom is -0.312 e. The lowest BCUT2D eigenvalue weighted by Gasteiger charge is -2.19. The molecule has 0 amide bonds. The average molecular weight is 348 g/mol. The molecule has 1 heterocycles. The van der Waals surface area contributed by atoms with E-state index >= 15 is 0 Å². The second-order valence-corrected chi connectivity index (χ2v) is 6.12. The lowest BCUT2D eigenvalue weighted by Crippen LogP contribution is -2.25. The van der Waals surface area contributed by atoms with Crippen LogP contribution in [0.1, 0.15) is 27.0 Å². The van der Waals surface area contributed by atoms with E-state index in [1.165, 1.54) is 11.6 Å². The van der Waals surface area contributed by atoms with Gasteiger partial charge in [-0.1, -0.05) is 34.1 Å². The molecule has 1 aliphatic rings. The third kappa shape index (κ3) is 3.06. The molecule has 0 bridgehead atoms. The summed E-state index contributed by atoms with van der Waals surface area (Å²) in [6, 6.07) is 10.5. The van der Waals surface area contributed by atoms with E-state index in [1.54, 1.807) is 12.1 Å². The van der Waals surface area contributed by atoms with Crippen molar-refractivity contribution in [1.82, 2.24) is 5.32 Å². The van der Waals surface area contributed by atoms with Crippen LogP contribution in [0.15, 0.2) is 40.9 Å². The molecule has 1 N–H and O–H groups in total. The first kappa shape index (κ1) is 14.4. The number of fused-ring (bicyclic) bond motifs is 1. The minimum absolute atomic E-state index is 0.0225. The van der Waals surface area contributed by atoms with E-state index in [1.807, 2.05) is 18.2 Å². The fourth-order valence-electron chi connectivity index (χ4n) is 2.74. The van der Waals surface area contributed by atoms with Gasteiger partial charge < -0.3 is 5.32 Å². The van der Waals surface area contributed by atoms with Gasteiger partial charge in [-0.15, -0.1) is 0 Å². The summed E-state index contributed by atoms with van der Waals surface area (Å²) in [5, 5.41) is 3.30. The van der Waals surface area contributed by atoms with Crippen molar-refractivity contribution in [2.45, 2.75) is 19.4 Å². The van der Waals surface area contributed by atoms with Gasteiger partial charge >= 0.3 is 0 Å². The Hall–Kier alpha value is -1.52. The molecule has 0 aliphatic carbocycles. The van der Waals surface area contributed by atoms with Crippen LogP contribution in [-0.2, 0) is 19.4 Å². The van der Waals surface area contributed by atoms with Gasteiger partial charge in [-0.25, -0.2) is 4.39 Å². The van der Waals surface area contributed by atoms with Gasteiger partial charge in [0.1, 0.15) is 5.82 Å². The molecule has 3 rings (SSSR count). The summed E-state index contributed by atoms with van der Waals surface area (Å²) in [5.41, 5.74) is 3.44. The van der Waals surface area contributed by atoms with Crippen molar-refractivity contribution in [3.8, 4) is 0 Å². The van der Waals surface area contributed by atoms with Gasteiger partial charge in [-0.05, 0) is 47.9 Å². The van der Waals surface area contributed by atoms with Crippen LogP contribution in [0.2, 0.25) is 0 Å². The highest BCUT2D eigenvalue weighted by molar-refractivity contribution is 9.10. The molecule has 108 valence electrons. The van der Waals surface area contributed by atoms with Crippen molar-refractivity contribution < 1.29 is 9.18 Å². The number of benzene rings is 2. The number of nitrogens with one attached hydrogen (secondary N) is 1. The van der Waals surface area contributed by atoms with Gasteiger partial charge in [0.05, 0.1) is 0 Å². The molecule has 0 radical (unpaired) electrons. The molecule has 0 atom stereocenters. The second kappa shape index (κ2) is 6.08. The van der Waals surface area contributed by atoms with E-state index in [9.17, 15) is 9.18 Å². The highest BCUT2D eigenvalue weighted by Crippen LogP contribution is 2.22. The van der Waals surface area contributed by atoms with Crippen molar-refractivity contribution >= 4 is 21.7 Å². The van der Waals surface area contributed by atoms with E-state index in [2.05, 4.69) is 21.2 Å². The smallest absolute Gasteiger partial charge is 0.167 e. The molecule has 21 heavy (non-hydrogen) atoms. The summed E-state index contributed by atoms with van der Waals surface area (Å²) in [4.78, 5) is 12.5. The van der Waals surface area contributed by atoms with Crippen LogP contribution < -0.4 is 5.32 Å². The van der Waals surface area contributed by atoms with Crippen LogP contribution >= 0.6 is 15.9 Å². The van der Waals surface area contributed by atoms with E-state index in [4.69, 9.17) is 0 Å². The molecule has 0 saturated heterocycles. The highest BCUT2D eigenvalue weighted by atomic mass is 79.9. The SMILES string of the molecule is O=C(Cc1cc(Br)ccc1F)c1cccc2c1CCNC2. The average Bonchev–Trinajstić information content (AvgIpc) is 2.50. The van der Waals surface area contributed by atoms with Crippen LogP contribution in [0.5, 0.6) is 0 Å². The molecular formula is C17H15BrFNO. The first-order chi connectivity index (χ1) is 10.1. The van der Waals surface area contributed by atoms with Crippen molar-refractivity contribution in [3.05, 3.63) is 68.9 Å². The second-order valence-electron chi connectivity index (χ2n) is 5.21. The molecule has 0 spiro atoms. The number of ketones is 1. The summed E-state index contributed by atoms with van der Waals surface area (Å²) in [6.07, 6.45) is 0.938. The molecule has 2 aromatic rings. The highest BCUT2D eigenvalue weighted by Gasteiger charge is 2.18. The lowest BCUT2D eigenvalue weighted by atomic mass is 9.91. The number of halogens is 2. The molecule has 0 aromatic heterocycles. The fourth-order valence-corrected chi connectivity index (χ4v) is 3.15. The van der Waals surface area contributed by atoms with E-state index in [-0.39, 0.29) is 18.0 Å². The maximum atomic E-state index is 13.8. The van der Waals surface area contributed by atoms with Crippen molar-refractivity contribution in [2.24, 2.45) is 0 Å². The Morgan fingerprint density at radius 3 is 3.00 bits per heavy atom. The monoisotopic (exact) mass is 347 g/mol. The Balaban J connectivity index is 1.91. The molecule has 4 heteroatoms. The minimum atomic E-state index is -0.335. The van der Waals surface area contributed by atoms with Crippen LogP contribution in [0.4, 0.5) is 4.39 Å². The Labute approximate surface area is 131 Å². The predicted molar refractivity (Wildman–Crippen MR) is 84.0 cm³/mol. The zero-order valence-electron chi connectivity index (χ0n) is 11.5. The Bertz CT molecular complexity index is 699. The maximum absolute atomic E-state index is 13.8. The first-order valence-electron chi connectivity index (χ1n) is 6.94. The predicted octanol–water partition coefficient (Wildman–Crippen LogP) is 3.66. The molecule has 1 aliphatic heterocycles. The van der Waals surface area contributed by atoms with Gasteiger partial charge in [0.25, 0.3) is 0 Å². The number of hydrogen-bond donors (Lipinski definition) is 1. The summed E-state index contributed by atoms with van der Waals surface area (Å²) in [6.45, 7) is 1.67. The molecule has 0 saturated carbocycles. The summed E-state index contributed by atoms with van der Waals surface area (Å²) < 4.78 is 14.6. The number of Topliss-reactive ketones (excluding diaryl/α,β-unsaturated/α-hetero) is 1. The molecule has 0 fully saturated rings. The first-order valence-corrected chi connectivity index (χ1v) is 7.73. The molecule has 2 nitrogen and oxygen atoms in total. The third-order valence-electron chi connectivity index (χ3n) is 3.80. The number of hydrogen-bond acceptors (Lipinski definition) is 2. The number of carbonyl (C=O) groups is 1. The van der Waals surface area contributed by atoms with Crippen molar-refractivity contribution in [2.75, 3.05) is 6.54 Å².